The quantitative estimate of drug-likeness (QED) is 0.802. The summed E-state index contributed by atoms with van der Waals surface area (Å²) in [6.07, 6.45) is 0. The fourth-order valence-electron chi connectivity index (χ4n) is 2.23. The van der Waals surface area contributed by atoms with Gasteiger partial charge in [0.05, 0.1) is 6.54 Å². The molecule has 0 spiro atoms. The molecule has 0 saturated carbocycles. The largest absolute Gasteiger partial charge is 0.360 e. The van der Waals surface area contributed by atoms with Crippen molar-refractivity contribution in [2.45, 2.75) is 26.2 Å². The minimum atomic E-state index is 0.102. The first-order chi connectivity index (χ1) is 7.98. The lowest BCUT2D eigenvalue weighted by molar-refractivity contribution is -0.120. The van der Waals surface area contributed by atoms with Crippen molar-refractivity contribution in [1.82, 2.24) is 5.32 Å². The number of hydrogen-bond acceptors (Lipinski definition) is 2. The Kier molecular flexibility index (Phi) is 3.09. The van der Waals surface area contributed by atoms with Gasteiger partial charge < -0.3 is 10.2 Å². The maximum absolute atomic E-state index is 11.5. The number of rotatable bonds is 1. The zero-order valence-corrected chi connectivity index (χ0v) is 10.8. The summed E-state index contributed by atoms with van der Waals surface area (Å²) in [6.45, 7) is 8.70. The normalized spacial score (nSPS) is 16.9. The van der Waals surface area contributed by atoms with E-state index in [-0.39, 0.29) is 11.3 Å². The van der Waals surface area contributed by atoms with Gasteiger partial charge in [-0.3, -0.25) is 4.79 Å². The molecule has 0 atom stereocenters. The standard InChI is InChI=1S/C14H20N2O/c1-14(2,3)11-6-4-5-7-12(11)16-9-8-15-13(17)10-16/h4-7H,8-10H2,1-3H3,(H,15,17). The van der Waals surface area contributed by atoms with E-state index >= 15 is 0 Å². The van der Waals surface area contributed by atoms with Crippen molar-refractivity contribution >= 4 is 11.6 Å². The summed E-state index contributed by atoms with van der Waals surface area (Å²) < 4.78 is 0. The summed E-state index contributed by atoms with van der Waals surface area (Å²) >= 11 is 0. The van der Waals surface area contributed by atoms with E-state index in [2.05, 4.69) is 49.2 Å². The van der Waals surface area contributed by atoms with Gasteiger partial charge in [-0.2, -0.15) is 0 Å². The van der Waals surface area contributed by atoms with Crippen LogP contribution in [0.1, 0.15) is 26.3 Å². The second-order valence-electron chi connectivity index (χ2n) is 5.54. The van der Waals surface area contributed by atoms with Crippen LogP contribution in [-0.4, -0.2) is 25.5 Å². The zero-order chi connectivity index (χ0) is 12.5. The van der Waals surface area contributed by atoms with Crippen molar-refractivity contribution in [3.63, 3.8) is 0 Å². The van der Waals surface area contributed by atoms with Crippen molar-refractivity contribution < 1.29 is 4.79 Å². The molecule has 17 heavy (non-hydrogen) atoms. The van der Waals surface area contributed by atoms with Crippen LogP contribution in [0.15, 0.2) is 24.3 Å². The van der Waals surface area contributed by atoms with Gasteiger partial charge in [-0.05, 0) is 17.0 Å². The molecule has 0 aromatic heterocycles. The number of nitrogens with one attached hydrogen (secondary N) is 1. The molecule has 1 aliphatic rings. The van der Waals surface area contributed by atoms with E-state index in [1.807, 2.05) is 6.07 Å². The molecule has 3 nitrogen and oxygen atoms in total. The third-order valence-corrected chi connectivity index (χ3v) is 3.09. The number of nitrogens with zero attached hydrogens (tertiary/aromatic N) is 1. The molecule has 1 saturated heterocycles. The fraction of sp³-hybridized carbons (Fsp3) is 0.500. The summed E-state index contributed by atoms with van der Waals surface area (Å²) in [5.74, 6) is 0.111. The minimum Gasteiger partial charge on any atom is -0.360 e. The van der Waals surface area contributed by atoms with Crippen LogP contribution >= 0.6 is 0 Å². The van der Waals surface area contributed by atoms with E-state index in [0.717, 1.165) is 13.1 Å². The van der Waals surface area contributed by atoms with Gasteiger partial charge in [0.15, 0.2) is 0 Å². The lowest BCUT2D eigenvalue weighted by Gasteiger charge is -2.33. The molecule has 92 valence electrons. The molecule has 1 aliphatic heterocycles. The molecule has 1 aromatic carbocycles. The first kappa shape index (κ1) is 12.0. The number of anilines is 1. The third-order valence-electron chi connectivity index (χ3n) is 3.09. The summed E-state index contributed by atoms with van der Waals surface area (Å²) in [4.78, 5) is 13.6. The number of benzene rings is 1. The molecule has 1 heterocycles. The fourth-order valence-corrected chi connectivity index (χ4v) is 2.23. The minimum absolute atomic E-state index is 0.102. The number of carbonyl (C=O) groups is 1. The van der Waals surface area contributed by atoms with Gasteiger partial charge in [-0.25, -0.2) is 0 Å². The van der Waals surface area contributed by atoms with Gasteiger partial charge in [0.25, 0.3) is 0 Å². The van der Waals surface area contributed by atoms with Gasteiger partial charge >= 0.3 is 0 Å². The van der Waals surface area contributed by atoms with Gasteiger partial charge in [-0.1, -0.05) is 39.0 Å². The lowest BCUT2D eigenvalue weighted by Crippen LogP contribution is -2.48. The van der Waals surface area contributed by atoms with Crippen molar-refractivity contribution in [2.24, 2.45) is 0 Å². The number of para-hydroxylation sites is 1. The summed E-state index contributed by atoms with van der Waals surface area (Å²) in [5, 5.41) is 2.86. The second kappa shape index (κ2) is 4.40. The molecule has 1 fully saturated rings. The average Bonchev–Trinajstić information content (AvgIpc) is 2.28. The number of hydrogen-bond donors (Lipinski definition) is 1. The van der Waals surface area contributed by atoms with Gasteiger partial charge in [-0.15, -0.1) is 0 Å². The first-order valence-electron chi connectivity index (χ1n) is 6.09. The summed E-state index contributed by atoms with van der Waals surface area (Å²) in [5.41, 5.74) is 2.59. The Balaban J connectivity index is 2.34. The predicted octanol–water partition coefficient (Wildman–Crippen LogP) is 1.92. The Morgan fingerprint density at radius 3 is 2.59 bits per heavy atom. The van der Waals surface area contributed by atoms with E-state index in [0.29, 0.717) is 6.54 Å². The van der Waals surface area contributed by atoms with Crippen molar-refractivity contribution in [3.05, 3.63) is 29.8 Å². The predicted molar refractivity (Wildman–Crippen MR) is 70.4 cm³/mol. The first-order valence-corrected chi connectivity index (χ1v) is 6.09. The molecule has 2 rings (SSSR count). The van der Waals surface area contributed by atoms with Crippen molar-refractivity contribution in [3.8, 4) is 0 Å². The van der Waals surface area contributed by atoms with Gasteiger partial charge in [0.1, 0.15) is 0 Å². The maximum Gasteiger partial charge on any atom is 0.239 e. The molecule has 0 radical (unpaired) electrons. The molecule has 0 unspecified atom stereocenters. The van der Waals surface area contributed by atoms with Crippen LogP contribution in [0.25, 0.3) is 0 Å². The summed E-state index contributed by atoms with van der Waals surface area (Å²) in [6, 6.07) is 8.37. The van der Waals surface area contributed by atoms with Crippen LogP contribution in [0.4, 0.5) is 5.69 Å². The molecular weight excluding hydrogens is 212 g/mol. The Bertz CT molecular complexity index is 420. The van der Waals surface area contributed by atoms with Crippen molar-refractivity contribution in [1.29, 1.82) is 0 Å². The molecule has 1 amide bonds. The highest BCUT2D eigenvalue weighted by Crippen LogP contribution is 2.31. The third kappa shape index (κ3) is 2.60. The van der Waals surface area contributed by atoms with E-state index in [4.69, 9.17) is 0 Å². The Hall–Kier alpha value is -1.51. The lowest BCUT2D eigenvalue weighted by atomic mass is 9.85. The molecule has 1 N–H and O–H groups in total. The molecule has 0 aliphatic carbocycles. The highest BCUT2D eigenvalue weighted by Gasteiger charge is 2.23. The number of piperazine rings is 1. The van der Waals surface area contributed by atoms with E-state index in [9.17, 15) is 4.79 Å². The second-order valence-corrected chi connectivity index (χ2v) is 5.54. The highest BCUT2D eigenvalue weighted by atomic mass is 16.2. The zero-order valence-electron chi connectivity index (χ0n) is 10.8. The highest BCUT2D eigenvalue weighted by molar-refractivity contribution is 5.83. The molecule has 0 bridgehead atoms. The molecular formula is C14H20N2O. The smallest absolute Gasteiger partial charge is 0.239 e. The molecule has 1 aromatic rings. The van der Waals surface area contributed by atoms with Crippen LogP contribution in [0.3, 0.4) is 0 Å². The van der Waals surface area contributed by atoms with Crippen LogP contribution in [-0.2, 0) is 10.2 Å². The van der Waals surface area contributed by atoms with E-state index < -0.39 is 0 Å². The molecule has 3 heteroatoms. The van der Waals surface area contributed by atoms with Crippen LogP contribution < -0.4 is 10.2 Å². The number of carbonyl (C=O) groups excluding carboxylic acids is 1. The Labute approximate surface area is 103 Å². The Morgan fingerprint density at radius 1 is 1.24 bits per heavy atom. The van der Waals surface area contributed by atoms with Crippen LogP contribution in [0.2, 0.25) is 0 Å². The number of amides is 1. The average molecular weight is 232 g/mol. The maximum atomic E-state index is 11.5. The van der Waals surface area contributed by atoms with Crippen molar-refractivity contribution in [2.75, 3.05) is 24.5 Å². The Morgan fingerprint density at radius 2 is 1.94 bits per heavy atom. The van der Waals surface area contributed by atoms with Gasteiger partial charge in [0, 0.05) is 18.8 Å². The monoisotopic (exact) mass is 232 g/mol. The van der Waals surface area contributed by atoms with Gasteiger partial charge in [0.2, 0.25) is 5.91 Å². The topological polar surface area (TPSA) is 32.3 Å². The van der Waals surface area contributed by atoms with Crippen LogP contribution in [0, 0.1) is 0 Å². The SMILES string of the molecule is CC(C)(C)c1ccccc1N1CCNC(=O)C1. The summed E-state index contributed by atoms with van der Waals surface area (Å²) in [7, 11) is 0. The van der Waals surface area contributed by atoms with E-state index in [1.165, 1.54) is 11.3 Å². The van der Waals surface area contributed by atoms with E-state index in [1.54, 1.807) is 0 Å². The van der Waals surface area contributed by atoms with Crippen LogP contribution in [0.5, 0.6) is 0 Å².